The van der Waals surface area contributed by atoms with E-state index in [9.17, 15) is 0 Å². The van der Waals surface area contributed by atoms with E-state index in [2.05, 4.69) is 25.1 Å². The summed E-state index contributed by atoms with van der Waals surface area (Å²) in [4.78, 5) is 12.6. The first-order valence-electron chi connectivity index (χ1n) is 5.16. The zero-order chi connectivity index (χ0) is 11.5. The SMILES string of the molecule is c1ccc(-c2[nH]ncc2-c2cnccn2)nc1. The van der Waals surface area contributed by atoms with E-state index in [1.165, 1.54) is 0 Å². The van der Waals surface area contributed by atoms with Crippen LogP contribution in [0.15, 0.2) is 49.2 Å². The standard InChI is InChI=1S/C12H9N5/c1-2-4-14-10(3-1)12-9(7-16-17-12)11-8-13-5-6-15-11/h1-8H,(H,16,17). The van der Waals surface area contributed by atoms with Crippen LogP contribution in [0.1, 0.15) is 0 Å². The lowest BCUT2D eigenvalue weighted by Crippen LogP contribution is -1.88. The molecule has 5 nitrogen and oxygen atoms in total. The lowest BCUT2D eigenvalue weighted by atomic mass is 10.1. The molecule has 3 rings (SSSR count). The molecule has 1 N–H and O–H groups in total. The molecule has 82 valence electrons. The third-order valence-electron chi connectivity index (χ3n) is 2.40. The second kappa shape index (κ2) is 4.13. The second-order valence-corrected chi connectivity index (χ2v) is 3.46. The molecule has 5 heteroatoms. The number of hydrogen-bond donors (Lipinski definition) is 1. The minimum atomic E-state index is 0.780. The Balaban J connectivity index is 2.13. The smallest absolute Gasteiger partial charge is 0.0929 e. The third-order valence-corrected chi connectivity index (χ3v) is 2.40. The van der Waals surface area contributed by atoms with Crippen molar-refractivity contribution in [2.45, 2.75) is 0 Å². The molecule has 0 aliphatic carbocycles. The van der Waals surface area contributed by atoms with Gasteiger partial charge in [-0.1, -0.05) is 6.07 Å². The number of aromatic amines is 1. The molecule has 0 fully saturated rings. The molecule has 0 saturated heterocycles. The van der Waals surface area contributed by atoms with E-state index in [1.54, 1.807) is 31.0 Å². The van der Waals surface area contributed by atoms with Crippen molar-refractivity contribution in [3.05, 3.63) is 49.2 Å². The van der Waals surface area contributed by atoms with Gasteiger partial charge in [0.2, 0.25) is 0 Å². The van der Waals surface area contributed by atoms with Crippen molar-refractivity contribution >= 4 is 0 Å². The van der Waals surface area contributed by atoms with Crippen molar-refractivity contribution < 1.29 is 0 Å². The number of nitrogens with zero attached hydrogens (tertiary/aromatic N) is 4. The topological polar surface area (TPSA) is 67.3 Å². The van der Waals surface area contributed by atoms with Gasteiger partial charge in [0.25, 0.3) is 0 Å². The average molecular weight is 223 g/mol. The minimum absolute atomic E-state index is 0.780. The van der Waals surface area contributed by atoms with Crippen LogP contribution in [0.5, 0.6) is 0 Å². The lowest BCUT2D eigenvalue weighted by molar-refractivity contribution is 1.09. The average Bonchev–Trinajstić information content (AvgIpc) is 2.90. The summed E-state index contributed by atoms with van der Waals surface area (Å²) in [6, 6.07) is 5.73. The summed E-state index contributed by atoms with van der Waals surface area (Å²) >= 11 is 0. The van der Waals surface area contributed by atoms with E-state index in [1.807, 2.05) is 18.2 Å². The molecular weight excluding hydrogens is 214 g/mol. The van der Waals surface area contributed by atoms with Gasteiger partial charge in [-0.25, -0.2) is 0 Å². The maximum absolute atomic E-state index is 4.29. The third kappa shape index (κ3) is 1.78. The van der Waals surface area contributed by atoms with Gasteiger partial charge in [-0.05, 0) is 12.1 Å². The number of H-pyrrole nitrogens is 1. The van der Waals surface area contributed by atoms with Gasteiger partial charge < -0.3 is 0 Å². The van der Waals surface area contributed by atoms with Crippen molar-refractivity contribution in [2.24, 2.45) is 0 Å². The Morgan fingerprint density at radius 2 is 1.82 bits per heavy atom. The Morgan fingerprint density at radius 3 is 2.59 bits per heavy atom. The summed E-state index contributed by atoms with van der Waals surface area (Å²) in [5.41, 5.74) is 3.37. The molecule has 0 saturated carbocycles. The molecule has 3 aromatic rings. The van der Waals surface area contributed by atoms with Crippen LogP contribution in [0.3, 0.4) is 0 Å². The molecule has 0 bridgehead atoms. The van der Waals surface area contributed by atoms with E-state index < -0.39 is 0 Å². The van der Waals surface area contributed by atoms with Crippen LogP contribution in [-0.4, -0.2) is 25.1 Å². The fraction of sp³-hybridized carbons (Fsp3) is 0. The number of hydrogen-bond acceptors (Lipinski definition) is 4. The van der Waals surface area contributed by atoms with Crippen LogP contribution < -0.4 is 0 Å². The zero-order valence-corrected chi connectivity index (χ0v) is 8.91. The van der Waals surface area contributed by atoms with Crippen molar-refractivity contribution in [3.63, 3.8) is 0 Å². The molecule has 0 radical (unpaired) electrons. The predicted octanol–water partition coefficient (Wildman–Crippen LogP) is 1.93. The maximum Gasteiger partial charge on any atom is 0.0929 e. The van der Waals surface area contributed by atoms with Gasteiger partial charge in [0.15, 0.2) is 0 Å². The zero-order valence-electron chi connectivity index (χ0n) is 8.91. The van der Waals surface area contributed by atoms with Gasteiger partial charge in [-0.15, -0.1) is 0 Å². The summed E-state index contributed by atoms with van der Waals surface area (Å²) in [6.07, 6.45) is 8.48. The number of aromatic nitrogens is 5. The fourth-order valence-corrected chi connectivity index (χ4v) is 1.62. The molecule has 0 aromatic carbocycles. The van der Waals surface area contributed by atoms with E-state index in [-0.39, 0.29) is 0 Å². The van der Waals surface area contributed by atoms with Crippen molar-refractivity contribution in [3.8, 4) is 22.6 Å². The Labute approximate surface area is 97.6 Å². The summed E-state index contributed by atoms with van der Waals surface area (Å²) in [7, 11) is 0. The molecule has 17 heavy (non-hydrogen) atoms. The molecule has 0 aliphatic heterocycles. The van der Waals surface area contributed by atoms with Gasteiger partial charge in [-0.2, -0.15) is 5.10 Å². The first-order chi connectivity index (χ1) is 8.45. The highest BCUT2D eigenvalue weighted by molar-refractivity contribution is 5.75. The summed E-state index contributed by atoms with van der Waals surface area (Å²) in [6.45, 7) is 0. The van der Waals surface area contributed by atoms with Crippen LogP contribution >= 0.6 is 0 Å². The molecule has 0 atom stereocenters. The van der Waals surface area contributed by atoms with Crippen molar-refractivity contribution in [1.29, 1.82) is 0 Å². The quantitative estimate of drug-likeness (QED) is 0.720. The fourth-order valence-electron chi connectivity index (χ4n) is 1.62. The van der Waals surface area contributed by atoms with Gasteiger partial charge in [0.05, 0.1) is 29.5 Å². The highest BCUT2D eigenvalue weighted by atomic mass is 15.1. The molecule has 0 aliphatic rings. The van der Waals surface area contributed by atoms with E-state index >= 15 is 0 Å². The monoisotopic (exact) mass is 223 g/mol. The van der Waals surface area contributed by atoms with Gasteiger partial charge >= 0.3 is 0 Å². The van der Waals surface area contributed by atoms with Crippen LogP contribution in [-0.2, 0) is 0 Å². The van der Waals surface area contributed by atoms with Gasteiger partial charge in [-0.3, -0.25) is 20.1 Å². The molecule has 0 unspecified atom stereocenters. The highest BCUT2D eigenvalue weighted by Gasteiger charge is 2.11. The lowest BCUT2D eigenvalue weighted by Gasteiger charge is -2.00. The maximum atomic E-state index is 4.29. The Morgan fingerprint density at radius 1 is 0.882 bits per heavy atom. The molecule has 0 spiro atoms. The minimum Gasteiger partial charge on any atom is -0.276 e. The largest absolute Gasteiger partial charge is 0.276 e. The molecule has 3 heterocycles. The van der Waals surface area contributed by atoms with E-state index in [4.69, 9.17) is 0 Å². The second-order valence-electron chi connectivity index (χ2n) is 3.46. The Kier molecular flexibility index (Phi) is 2.34. The van der Waals surface area contributed by atoms with Crippen molar-refractivity contribution in [2.75, 3.05) is 0 Å². The number of rotatable bonds is 2. The van der Waals surface area contributed by atoms with Gasteiger partial charge in [0.1, 0.15) is 0 Å². The number of nitrogens with one attached hydrogen (secondary N) is 1. The number of pyridine rings is 1. The predicted molar refractivity (Wildman–Crippen MR) is 62.8 cm³/mol. The first-order valence-corrected chi connectivity index (χ1v) is 5.16. The van der Waals surface area contributed by atoms with Crippen LogP contribution in [0.25, 0.3) is 22.6 Å². The van der Waals surface area contributed by atoms with Crippen LogP contribution in [0.4, 0.5) is 0 Å². The Hall–Kier alpha value is -2.56. The van der Waals surface area contributed by atoms with E-state index in [0.29, 0.717) is 0 Å². The summed E-state index contributed by atoms with van der Waals surface area (Å²) in [5.74, 6) is 0. The highest BCUT2D eigenvalue weighted by Crippen LogP contribution is 2.26. The van der Waals surface area contributed by atoms with Crippen LogP contribution in [0, 0.1) is 0 Å². The van der Waals surface area contributed by atoms with Gasteiger partial charge in [0, 0.05) is 24.2 Å². The normalized spacial score (nSPS) is 10.4. The Bertz CT molecular complexity index is 549. The molecule has 0 amide bonds. The summed E-state index contributed by atoms with van der Waals surface area (Å²) < 4.78 is 0. The van der Waals surface area contributed by atoms with Crippen LogP contribution in [0.2, 0.25) is 0 Å². The molecular formula is C12H9N5. The van der Waals surface area contributed by atoms with Crippen molar-refractivity contribution in [1.82, 2.24) is 25.1 Å². The summed E-state index contributed by atoms with van der Waals surface area (Å²) in [5, 5.41) is 6.98. The first kappa shape index (κ1) is 9.65. The van der Waals surface area contributed by atoms with E-state index in [0.717, 1.165) is 22.6 Å². The molecule has 3 aromatic heterocycles.